The second-order valence-corrected chi connectivity index (χ2v) is 7.47. The third-order valence-electron chi connectivity index (χ3n) is 4.29. The highest BCUT2D eigenvalue weighted by molar-refractivity contribution is 5.92. The van der Waals surface area contributed by atoms with E-state index >= 15 is 0 Å². The van der Waals surface area contributed by atoms with Gasteiger partial charge in [-0.15, -0.1) is 0 Å². The van der Waals surface area contributed by atoms with E-state index in [0.29, 0.717) is 12.3 Å². The molecule has 2 aromatic carbocycles. The van der Waals surface area contributed by atoms with E-state index in [1.54, 1.807) is 4.90 Å². The second kappa shape index (κ2) is 8.87. The molecule has 2 rings (SSSR count). The molecule has 150 valence electrons. The van der Waals surface area contributed by atoms with Crippen LogP contribution in [-0.2, 0) is 16.1 Å². The molecule has 0 aliphatic carbocycles. The second-order valence-electron chi connectivity index (χ2n) is 7.47. The van der Waals surface area contributed by atoms with Gasteiger partial charge in [0.1, 0.15) is 11.6 Å². The van der Waals surface area contributed by atoms with E-state index in [9.17, 15) is 14.0 Å². The van der Waals surface area contributed by atoms with Gasteiger partial charge in [-0.1, -0.05) is 30.3 Å². The van der Waals surface area contributed by atoms with Gasteiger partial charge in [-0.2, -0.15) is 0 Å². The van der Waals surface area contributed by atoms with Crippen molar-refractivity contribution < 1.29 is 23.5 Å². The zero-order valence-electron chi connectivity index (χ0n) is 16.9. The molecule has 0 bridgehead atoms. The van der Waals surface area contributed by atoms with Crippen LogP contribution in [0.4, 0.5) is 4.39 Å². The first-order valence-corrected chi connectivity index (χ1v) is 9.03. The van der Waals surface area contributed by atoms with Gasteiger partial charge in [0, 0.05) is 18.2 Å². The van der Waals surface area contributed by atoms with Crippen molar-refractivity contribution in [1.29, 1.82) is 0 Å². The van der Waals surface area contributed by atoms with Gasteiger partial charge < -0.3 is 14.4 Å². The molecule has 0 N–H and O–H groups in total. The first-order valence-electron chi connectivity index (χ1n) is 9.03. The van der Waals surface area contributed by atoms with Gasteiger partial charge in [0.25, 0.3) is 5.91 Å². The quantitative estimate of drug-likeness (QED) is 0.697. The van der Waals surface area contributed by atoms with Crippen LogP contribution >= 0.6 is 0 Å². The zero-order valence-corrected chi connectivity index (χ0v) is 16.9. The molecule has 5 nitrogen and oxygen atoms in total. The maximum absolute atomic E-state index is 14.1. The average Bonchev–Trinajstić information content (AvgIpc) is 2.65. The molecule has 0 saturated carbocycles. The lowest BCUT2D eigenvalue weighted by atomic mass is 10.0. The minimum atomic E-state index is -1.06. The molecule has 0 unspecified atom stereocenters. The largest absolute Gasteiger partial charge is 0.497 e. The fourth-order valence-electron chi connectivity index (χ4n) is 2.69. The van der Waals surface area contributed by atoms with Crippen molar-refractivity contribution in [2.75, 3.05) is 7.11 Å². The molecule has 0 radical (unpaired) electrons. The van der Waals surface area contributed by atoms with Crippen molar-refractivity contribution in [3.63, 3.8) is 0 Å². The van der Waals surface area contributed by atoms with Crippen LogP contribution in [0.25, 0.3) is 0 Å². The highest BCUT2D eigenvalue weighted by atomic mass is 19.1. The normalized spacial score (nSPS) is 12.2. The van der Waals surface area contributed by atoms with E-state index in [4.69, 9.17) is 9.47 Å². The van der Waals surface area contributed by atoms with Gasteiger partial charge in [-0.3, -0.25) is 4.79 Å². The van der Waals surface area contributed by atoms with E-state index in [0.717, 1.165) is 11.6 Å². The minimum Gasteiger partial charge on any atom is -0.497 e. The van der Waals surface area contributed by atoms with E-state index in [1.807, 2.05) is 51.1 Å². The fraction of sp³-hybridized carbons (Fsp3) is 0.364. The van der Waals surface area contributed by atoms with Gasteiger partial charge in [0.15, 0.2) is 6.10 Å². The lowest BCUT2D eigenvalue weighted by Gasteiger charge is -2.37. The van der Waals surface area contributed by atoms with Gasteiger partial charge in [-0.25, -0.2) is 9.18 Å². The SMILES string of the molecule is COc1ccc(C(=O)O[C@H](C)C(=O)N(Cc2ccccc2)C(C)(C)C)c(F)c1. The summed E-state index contributed by atoms with van der Waals surface area (Å²) in [5, 5.41) is 0. The topological polar surface area (TPSA) is 55.8 Å². The van der Waals surface area contributed by atoms with Gasteiger partial charge in [0.05, 0.1) is 12.7 Å². The van der Waals surface area contributed by atoms with Crippen LogP contribution in [0.5, 0.6) is 5.75 Å². The number of amides is 1. The fourth-order valence-corrected chi connectivity index (χ4v) is 2.69. The van der Waals surface area contributed by atoms with Crippen LogP contribution in [0, 0.1) is 5.82 Å². The van der Waals surface area contributed by atoms with Crippen molar-refractivity contribution in [2.45, 2.75) is 45.9 Å². The summed E-state index contributed by atoms with van der Waals surface area (Å²) in [5.74, 6) is -1.71. The number of ether oxygens (including phenoxy) is 2. The third-order valence-corrected chi connectivity index (χ3v) is 4.29. The molecular formula is C22H26FNO4. The lowest BCUT2D eigenvalue weighted by Crippen LogP contribution is -2.49. The summed E-state index contributed by atoms with van der Waals surface area (Å²) in [4.78, 5) is 27.0. The van der Waals surface area contributed by atoms with Crippen LogP contribution in [0.2, 0.25) is 0 Å². The maximum Gasteiger partial charge on any atom is 0.341 e. The number of halogens is 1. The summed E-state index contributed by atoms with van der Waals surface area (Å²) >= 11 is 0. The Morgan fingerprint density at radius 3 is 2.29 bits per heavy atom. The summed E-state index contributed by atoms with van der Waals surface area (Å²) in [5.41, 5.74) is 0.232. The Kier molecular flexibility index (Phi) is 6.78. The highest BCUT2D eigenvalue weighted by Crippen LogP contribution is 2.21. The Morgan fingerprint density at radius 1 is 1.11 bits per heavy atom. The molecule has 2 aromatic rings. The smallest absolute Gasteiger partial charge is 0.341 e. The summed E-state index contributed by atoms with van der Waals surface area (Å²) < 4.78 is 24.3. The number of nitrogens with zero attached hydrogens (tertiary/aromatic N) is 1. The molecule has 0 heterocycles. The Balaban J connectivity index is 2.15. The monoisotopic (exact) mass is 387 g/mol. The predicted molar refractivity (Wildman–Crippen MR) is 105 cm³/mol. The molecule has 28 heavy (non-hydrogen) atoms. The molecule has 6 heteroatoms. The number of hydrogen-bond donors (Lipinski definition) is 0. The number of benzene rings is 2. The average molecular weight is 387 g/mol. The Morgan fingerprint density at radius 2 is 1.75 bits per heavy atom. The molecule has 0 aliphatic heterocycles. The lowest BCUT2D eigenvalue weighted by molar-refractivity contribution is -0.145. The van der Waals surface area contributed by atoms with E-state index in [-0.39, 0.29) is 11.5 Å². The molecule has 0 spiro atoms. The first-order chi connectivity index (χ1) is 13.1. The summed E-state index contributed by atoms with van der Waals surface area (Å²) in [6.07, 6.45) is -1.06. The number of esters is 1. The van der Waals surface area contributed by atoms with E-state index < -0.39 is 23.4 Å². The number of rotatable bonds is 6. The van der Waals surface area contributed by atoms with Crippen LogP contribution < -0.4 is 4.74 Å². The molecule has 0 saturated heterocycles. The van der Waals surface area contributed by atoms with Gasteiger partial charge in [-0.05, 0) is 45.4 Å². The van der Waals surface area contributed by atoms with Crippen molar-refractivity contribution >= 4 is 11.9 Å². The Labute approximate surface area is 165 Å². The van der Waals surface area contributed by atoms with E-state index in [1.165, 1.54) is 26.2 Å². The predicted octanol–water partition coefficient (Wildman–Crippen LogP) is 4.21. The van der Waals surface area contributed by atoms with Crippen molar-refractivity contribution in [3.05, 3.63) is 65.5 Å². The summed E-state index contributed by atoms with van der Waals surface area (Å²) in [6.45, 7) is 7.59. The Bertz CT molecular complexity index is 830. The van der Waals surface area contributed by atoms with Crippen LogP contribution in [0.15, 0.2) is 48.5 Å². The molecule has 1 atom stereocenters. The van der Waals surface area contributed by atoms with Gasteiger partial charge in [0.2, 0.25) is 0 Å². The van der Waals surface area contributed by atoms with Crippen molar-refractivity contribution in [1.82, 2.24) is 4.90 Å². The minimum absolute atomic E-state index is 0.245. The van der Waals surface area contributed by atoms with Crippen molar-refractivity contribution in [2.24, 2.45) is 0 Å². The number of carbonyl (C=O) groups excluding carboxylic acids is 2. The highest BCUT2D eigenvalue weighted by Gasteiger charge is 2.32. The van der Waals surface area contributed by atoms with Crippen molar-refractivity contribution in [3.8, 4) is 5.75 Å². The van der Waals surface area contributed by atoms with Gasteiger partial charge >= 0.3 is 5.97 Å². The molecule has 0 fully saturated rings. The third kappa shape index (κ3) is 5.31. The number of carbonyl (C=O) groups is 2. The van der Waals surface area contributed by atoms with E-state index in [2.05, 4.69) is 0 Å². The summed E-state index contributed by atoms with van der Waals surface area (Å²) in [6, 6.07) is 13.4. The molecular weight excluding hydrogens is 361 g/mol. The van der Waals surface area contributed by atoms with Crippen LogP contribution in [0.3, 0.4) is 0 Å². The standard InChI is InChI=1S/C22H26FNO4/c1-15(28-21(26)18-12-11-17(27-5)13-19(18)23)20(25)24(22(2,3)4)14-16-9-7-6-8-10-16/h6-13,15H,14H2,1-5H3/t15-/m1/s1. The molecule has 1 amide bonds. The molecule has 0 aromatic heterocycles. The maximum atomic E-state index is 14.1. The number of hydrogen-bond acceptors (Lipinski definition) is 4. The van der Waals surface area contributed by atoms with Crippen LogP contribution in [-0.4, -0.2) is 35.5 Å². The summed E-state index contributed by atoms with van der Waals surface area (Å²) in [7, 11) is 1.40. The zero-order chi connectivity index (χ0) is 20.9. The van der Waals surface area contributed by atoms with Crippen LogP contribution in [0.1, 0.15) is 43.6 Å². The molecule has 0 aliphatic rings. The Hall–Kier alpha value is -2.89. The number of methoxy groups -OCH3 is 1. The first kappa shape index (κ1) is 21.4.